The van der Waals surface area contributed by atoms with E-state index >= 15 is 0 Å². The van der Waals surface area contributed by atoms with Crippen molar-refractivity contribution in [2.45, 2.75) is 78.9 Å². The largest absolute Gasteiger partial charge is 0.497 e. The molecule has 172 valence electrons. The number of hydrogen-bond donors (Lipinski definition) is 0. The normalized spacial score (nSPS) is 22.2. The quantitative estimate of drug-likeness (QED) is 0.253. The second-order valence-corrected chi connectivity index (χ2v) is 8.68. The Labute approximate surface area is 185 Å². The van der Waals surface area contributed by atoms with Gasteiger partial charge in [-0.15, -0.1) is 0 Å². The van der Waals surface area contributed by atoms with Crippen molar-refractivity contribution in [1.29, 1.82) is 0 Å². The smallest absolute Gasteiger partial charge is 0.233 e. The zero-order valence-corrected chi connectivity index (χ0v) is 20.8. The monoisotopic (exact) mass is 420 g/mol. The summed E-state index contributed by atoms with van der Waals surface area (Å²) in [6, 6.07) is 0. The molecule has 1 rings (SSSR count). The van der Waals surface area contributed by atoms with E-state index in [1.165, 1.54) is 16.7 Å². The fourth-order valence-corrected chi connectivity index (χ4v) is 4.27. The van der Waals surface area contributed by atoms with Crippen LogP contribution >= 0.6 is 0 Å². The SMILES string of the molecule is COC1=C(OC)C(OC)(OC)C(C)C(CC=C(C)CCC=C(C)CCC=C(C)C)C1. The van der Waals surface area contributed by atoms with Crippen LogP contribution in [0.15, 0.2) is 46.5 Å². The van der Waals surface area contributed by atoms with E-state index in [4.69, 9.17) is 18.9 Å². The minimum Gasteiger partial charge on any atom is -0.497 e. The molecule has 4 nitrogen and oxygen atoms in total. The first kappa shape index (κ1) is 26.5. The van der Waals surface area contributed by atoms with Crippen molar-refractivity contribution in [2.75, 3.05) is 28.4 Å². The molecule has 2 atom stereocenters. The van der Waals surface area contributed by atoms with Crippen LogP contribution in [0.2, 0.25) is 0 Å². The fraction of sp³-hybridized carbons (Fsp3) is 0.692. The summed E-state index contributed by atoms with van der Waals surface area (Å²) in [4.78, 5) is 0. The van der Waals surface area contributed by atoms with Crippen LogP contribution in [-0.4, -0.2) is 34.2 Å². The minimum absolute atomic E-state index is 0.141. The Bertz CT molecular complexity index is 646. The second-order valence-electron chi connectivity index (χ2n) is 8.68. The van der Waals surface area contributed by atoms with E-state index in [9.17, 15) is 0 Å². The molecule has 0 N–H and O–H groups in total. The molecule has 0 spiro atoms. The molecule has 2 unspecified atom stereocenters. The van der Waals surface area contributed by atoms with Gasteiger partial charge >= 0.3 is 0 Å². The Morgan fingerprint density at radius 3 is 1.93 bits per heavy atom. The van der Waals surface area contributed by atoms with E-state index in [0.29, 0.717) is 11.7 Å². The summed E-state index contributed by atoms with van der Waals surface area (Å²) >= 11 is 0. The maximum atomic E-state index is 5.83. The van der Waals surface area contributed by atoms with Gasteiger partial charge in [0.05, 0.1) is 14.2 Å². The van der Waals surface area contributed by atoms with Crippen molar-refractivity contribution in [1.82, 2.24) is 0 Å². The summed E-state index contributed by atoms with van der Waals surface area (Å²) in [5.74, 6) is 1.05. The molecule has 0 saturated carbocycles. The van der Waals surface area contributed by atoms with Crippen molar-refractivity contribution in [3.63, 3.8) is 0 Å². The Kier molecular flexibility index (Phi) is 11.5. The lowest BCUT2D eigenvalue weighted by Gasteiger charge is -2.44. The molecule has 0 saturated heterocycles. The standard InChI is InChI=1S/C26H44O4/c1-19(2)12-10-13-20(3)14-11-15-21(4)16-17-23-18-24(27-6)25(28-7)26(29-8,30-9)22(23)5/h12,14,16,22-23H,10-11,13,15,17-18H2,1-9H3. The Hall–Kier alpha value is -1.52. The Morgan fingerprint density at radius 1 is 0.867 bits per heavy atom. The number of rotatable bonds is 12. The van der Waals surface area contributed by atoms with Gasteiger partial charge in [0.1, 0.15) is 5.76 Å². The van der Waals surface area contributed by atoms with Gasteiger partial charge in [0.25, 0.3) is 0 Å². The molecular formula is C26H44O4. The fourth-order valence-electron chi connectivity index (χ4n) is 4.27. The van der Waals surface area contributed by atoms with Gasteiger partial charge < -0.3 is 18.9 Å². The summed E-state index contributed by atoms with van der Waals surface area (Å²) in [6.07, 6.45) is 13.3. The third kappa shape index (κ3) is 7.02. The van der Waals surface area contributed by atoms with Crippen molar-refractivity contribution in [3.05, 3.63) is 46.5 Å². The average molecular weight is 421 g/mol. The summed E-state index contributed by atoms with van der Waals surface area (Å²) < 4.78 is 22.9. The minimum atomic E-state index is -0.907. The summed E-state index contributed by atoms with van der Waals surface area (Å²) in [5.41, 5.74) is 4.30. The van der Waals surface area contributed by atoms with Crippen LogP contribution in [0.1, 0.15) is 73.1 Å². The molecule has 0 aliphatic heterocycles. The van der Waals surface area contributed by atoms with E-state index < -0.39 is 5.79 Å². The van der Waals surface area contributed by atoms with Gasteiger partial charge in [-0.25, -0.2) is 0 Å². The molecule has 0 aromatic heterocycles. The van der Waals surface area contributed by atoms with Gasteiger partial charge in [-0.2, -0.15) is 0 Å². The van der Waals surface area contributed by atoms with Crippen LogP contribution in [0.25, 0.3) is 0 Å². The first-order valence-electron chi connectivity index (χ1n) is 11.1. The van der Waals surface area contributed by atoms with E-state index in [-0.39, 0.29) is 5.92 Å². The number of ether oxygens (including phenoxy) is 4. The highest BCUT2D eigenvalue weighted by molar-refractivity contribution is 5.20. The predicted molar refractivity (Wildman–Crippen MR) is 125 cm³/mol. The summed E-state index contributed by atoms with van der Waals surface area (Å²) in [5, 5.41) is 0. The van der Waals surface area contributed by atoms with E-state index in [1.807, 2.05) is 0 Å². The van der Waals surface area contributed by atoms with Gasteiger partial charge in [0.15, 0.2) is 5.76 Å². The van der Waals surface area contributed by atoms with Crippen LogP contribution in [-0.2, 0) is 18.9 Å². The lowest BCUT2D eigenvalue weighted by Crippen LogP contribution is -2.49. The van der Waals surface area contributed by atoms with Crippen LogP contribution in [0.4, 0.5) is 0 Å². The number of methoxy groups -OCH3 is 4. The number of allylic oxidation sites excluding steroid dienone is 7. The highest BCUT2D eigenvalue weighted by Crippen LogP contribution is 2.46. The first-order chi connectivity index (χ1) is 14.2. The molecule has 4 heteroatoms. The molecule has 30 heavy (non-hydrogen) atoms. The van der Waals surface area contributed by atoms with E-state index in [2.05, 4.69) is 52.8 Å². The summed E-state index contributed by atoms with van der Waals surface area (Å²) in [7, 11) is 6.67. The molecule has 0 radical (unpaired) electrons. The molecular weight excluding hydrogens is 376 g/mol. The van der Waals surface area contributed by atoms with Crippen molar-refractivity contribution < 1.29 is 18.9 Å². The molecule has 0 amide bonds. The molecule has 1 aliphatic rings. The first-order valence-corrected chi connectivity index (χ1v) is 11.1. The van der Waals surface area contributed by atoms with Gasteiger partial charge in [0.2, 0.25) is 5.79 Å². The maximum absolute atomic E-state index is 5.83. The highest BCUT2D eigenvalue weighted by atomic mass is 16.7. The molecule has 0 aromatic rings. The lowest BCUT2D eigenvalue weighted by atomic mass is 9.75. The third-order valence-corrected chi connectivity index (χ3v) is 6.27. The second kappa shape index (κ2) is 13.0. The summed E-state index contributed by atoms with van der Waals surface area (Å²) in [6.45, 7) is 11.0. The highest BCUT2D eigenvalue weighted by Gasteiger charge is 2.51. The molecule has 0 heterocycles. The van der Waals surface area contributed by atoms with Crippen LogP contribution in [0.3, 0.4) is 0 Å². The maximum Gasteiger partial charge on any atom is 0.233 e. The van der Waals surface area contributed by atoms with E-state index in [1.54, 1.807) is 28.4 Å². The van der Waals surface area contributed by atoms with Crippen molar-refractivity contribution >= 4 is 0 Å². The molecule has 0 bridgehead atoms. The predicted octanol–water partition coefficient (Wildman–Crippen LogP) is 6.95. The molecule has 0 aromatic carbocycles. The van der Waals surface area contributed by atoms with E-state index in [0.717, 1.165) is 44.3 Å². The van der Waals surface area contributed by atoms with Gasteiger partial charge in [-0.1, -0.05) is 41.9 Å². The zero-order valence-electron chi connectivity index (χ0n) is 20.8. The topological polar surface area (TPSA) is 36.9 Å². The third-order valence-electron chi connectivity index (χ3n) is 6.27. The van der Waals surface area contributed by atoms with Gasteiger partial charge in [0, 0.05) is 26.6 Å². The average Bonchev–Trinajstić information content (AvgIpc) is 2.72. The Morgan fingerprint density at radius 2 is 1.43 bits per heavy atom. The van der Waals surface area contributed by atoms with Crippen molar-refractivity contribution in [2.24, 2.45) is 11.8 Å². The van der Waals surface area contributed by atoms with Gasteiger partial charge in [-0.3, -0.25) is 0 Å². The van der Waals surface area contributed by atoms with Crippen LogP contribution < -0.4 is 0 Å². The molecule has 0 fully saturated rings. The van der Waals surface area contributed by atoms with Gasteiger partial charge in [-0.05, 0) is 65.7 Å². The lowest BCUT2D eigenvalue weighted by molar-refractivity contribution is -0.247. The van der Waals surface area contributed by atoms with Crippen LogP contribution in [0.5, 0.6) is 0 Å². The van der Waals surface area contributed by atoms with Crippen molar-refractivity contribution in [3.8, 4) is 0 Å². The zero-order chi connectivity index (χ0) is 22.7. The number of hydrogen-bond acceptors (Lipinski definition) is 4. The Balaban J connectivity index is 2.74. The van der Waals surface area contributed by atoms with Crippen LogP contribution in [0, 0.1) is 11.8 Å². The molecule has 1 aliphatic carbocycles.